The molecule has 0 aromatic carbocycles. The molecule has 0 aromatic heterocycles. The standard InChI is InChI=1S/C10H13NO4/c1-10(6-11)13-9(14-15-10)8-3-2-7(4-8)5-12/h5,7-9H,2-4H2,1H3. The first kappa shape index (κ1) is 10.6. The number of carbonyl (C=O) groups is 1. The molecule has 0 spiro atoms. The van der Waals surface area contributed by atoms with Crippen LogP contribution < -0.4 is 0 Å². The van der Waals surface area contributed by atoms with E-state index >= 15 is 0 Å². The minimum atomic E-state index is -1.30. The minimum Gasteiger partial charge on any atom is -0.303 e. The van der Waals surface area contributed by atoms with E-state index in [2.05, 4.69) is 0 Å². The van der Waals surface area contributed by atoms with E-state index in [0.717, 1.165) is 25.5 Å². The molecule has 5 nitrogen and oxygen atoms in total. The SMILES string of the molecule is CC1(C#N)OOC(C2CCC(C=O)C2)O1. The number of hydrogen-bond donors (Lipinski definition) is 0. The van der Waals surface area contributed by atoms with Gasteiger partial charge in [0.2, 0.25) is 0 Å². The first-order valence-corrected chi connectivity index (χ1v) is 5.06. The molecule has 82 valence electrons. The fourth-order valence-corrected chi connectivity index (χ4v) is 2.04. The highest BCUT2D eigenvalue weighted by atomic mass is 17.3. The molecule has 0 radical (unpaired) electrons. The Morgan fingerprint density at radius 3 is 2.87 bits per heavy atom. The molecule has 5 heteroatoms. The zero-order valence-electron chi connectivity index (χ0n) is 8.51. The summed E-state index contributed by atoms with van der Waals surface area (Å²) in [4.78, 5) is 20.4. The maximum atomic E-state index is 10.6. The van der Waals surface area contributed by atoms with Crippen molar-refractivity contribution in [3.8, 4) is 6.07 Å². The molecule has 1 saturated carbocycles. The highest BCUT2D eigenvalue weighted by molar-refractivity contribution is 5.53. The third-order valence-electron chi connectivity index (χ3n) is 2.94. The first-order valence-electron chi connectivity index (χ1n) is 5.06. The second-order valence-corrected chi connectivity index (χ2v) is 4.19. The number of nitrogens with zero attached hydrogens (tertiary/aromatic N) is 1. The van der Waals surface area contributed by atoms with E-state index in [-0.39, 0.29) is 11.8 Å². The van der Waals surface area contributed by atoms with E-state index in [0.29, 0.717) is 0 Å². The summed E-state index contributed by atoms with van der Waals surface area (Å²) in [5, 5.41) is 8.75. The van der Waals surface area contributed by atoms with Crippen LogP contribution in [0, 0.1) is 23.2 Å². The summed E-state index contributed by atoms with van der Waals surface area (Å²) in [6.07, 6.45) is 2.94. The van der Waals surface area contributed by atoms with Crippen molar-refractivity contribution in [3.05, 3.63) is 0 Å². The molecule has 15 heavy (non-hydrogen) atoms. The summed E-state index contributed by atoms with van der Waals surface area (Å²) in [6, 6.07) is 1.88. The van der Waals surface area contributed by atoms with Crippen molar-refractivity contribution in [2.24, 2.45) is 11.8 Å². The van der Waals surface area contributed by atoms with Crippen molar-refractivity contribution in [1.29, 1.82) is 5.26 Å². The molecule has 4 atom stereocenters. The lowest BCUT2D eigenvalue weighted by Crippen LogP contribution is -2.26. The molecule has 1 aliphatic heterocycles. The molecule has 0 bridgehead atoms. The lowest BCUT2D eigenvalue weighted by molar-refractivity contribution is -0.316. The second kappa shape index (κ2) is 3.89. The van der Waals surface area contributed by atoms with E-state index in [1.54, 1.807) is 0 Å². The van der Waals surface area contributed by atoms with Crippen LogP contribution in [0.15, 0.2) is 0 Å². The predicted octanol–water partition coefficient (Wildman–Crippen LogP) is 1.15. The van der Waals surface area contributed by atoms with Crippen molar-refractivity contribution >= 4 is 6.29 Å². The van der Waals surface area contributed by atoms with Crippen LogP contribution in [0.3, 0.4) is 0 Å². The molecule has 1 heterocycles. The van der Waals surface area contributed by atoms with Crippen LogP contribution in [0.5, 0.6) is 0 Å². The van der Waals surface area contributed by atoms with Crippen LogP contribution in [-0.2, 0) is 19.3 Å². The Morgan fingerprint density at radius 1 is 1.53 bits per heavy atom. The normalized spacial score (nSPS) is 45.2. The van der Waals surface area contributed by atoms with Gasteiger partial charge in [0.15, 0.2) is 6.29 Å². The van der Waals surface area contributed by atoms with E-state index in [1.807, 2.05) is 6.07 Å². The van der Waals surface area contributed by atoms with Gasteiger partial charge in [0.05, 0.1) is 0 Å². The molecule has 4 unspecified atom stereocenters. The van der Waals surface area contributed by atoms with Gasteiger partial charge in [0, 0.05) is 18.8 Å². The first-order chi connectivity index (χ1) is 7.17. The van der Waals surface area contributed by atoms with Gasteiger partial charge in [-0.1, -0.05) is 0 Å². The predicted molar refractivity (Wildman–Crippen MR) is 48.0 cm³/mol. The molecule has 0 N–H and O–H groups in total. The van der Waals surface area contributed by atoms with Crippen LogP contribution in [0.1, 0.15) is 26.2 Å². The van der Waals surface area contributed by atoms with Gasteiger partial charge in [-0.05, 0) is 19.3 Å². The number of aldehydes is 1. The van der Waals surface area contributed by atoms with E-state index < -0.39 is 12.1 Å². The molecule has 2 fully saturated rings. The van der Waals surface area contributed by atoms with Crippen LogP contribution in [0.25, 0.3) is 0 Å². The van der Waals surface area contributed by atoms with Crippen molar-refractivity contribution < 1.29 is 19.3 Å². The Bertz CT molecular complexity index is 300. The zero-order valence-corrected chi connectivity index (χ0v) is 8.51. The van der Waals surface area contributed by atoms with Crippen molar-refractivity contribution in [2.45, 2.75) is 38.3 Å². The molecule has 1 aliphatic carbocycles. The quantitative estimate of drug-likeness (QED) is 0.506. The molecular formula is C10H13NO4. The van der Waals surface area contributed by atoms with Gasteiger partial charge in [-0.25, -0.2) is 0 Å². The highest BCUT2D eigenvalue weighted by Gasteiger charge is 2.45. The van der Waals surface area contributed by atoms with Crippen LogP contribution in [-0.4, -0.2) is 18.4 Å². The average molecular weight is 211 g/mol. The Morgan fingerprint density at radius 2 is 2.33 bits per heavy atom. The molecule has 0 amide bonds. The number of rotatable bonds is 2. The van der Waals surface area contributed by atoms with E-state index in [9.17, 15) is 4.79 Å². The summed E-state index contributed by atoms with van der Waals surface area (Å²) in [5.74, 6) is -1.06. The minimum absolute atomic E-state index is 0.0936. The van der Waals surface area contributed by atoms with Gasteiger partial charge in [-0.2, -0.15) is 15.0 Å². The largest absolute Gasteiger partial charge is 0.303 e. The smallest absolute Gasteiger partial charge is 0.288 e. The Kier molecular flexibility index (Phi) is 2.74. The summed E-state index contributed by atoms with van der Waals surface area (Å²) in [7, 11) is 0. The summed E-state index contributed by atoms with van der Waals surface area (Å²) >= 11 is 0. The lowest BCUT2D eigenvalue weighted by Gasteiger charge is -2.15. The molecule has 1 saturated heterocycles. The van der Waals surface area contributed by atoms with Gasteiger partial charge < -0.3 is 9.53 Å². The van der Waals surface area contributed by atoms with Gasteiger partial charge in [0.1, 0.15) is 12.4 Å². The maximum Gasteiger partial charge on any atom is 0.288 e. The molecule has 2 aliphatic rings. The molecule has 2 rings (SSSR count). The van der Waals surface area contributed by atoms with E-state index in [4.69, 9.17) is 19.8 Å². The Balaban J connectivity index is 1.93. The lowest BCUT2D eigenvalue weighted by atomic mass is 10.1. The zero-order chi connectivity index (χ0) is 10.9. The maximum absolute atomic E-state index is 10.6. The highest BCUT2D eigenvalue weighted by Crippen LogP contribution is 2.38. The number of hydrogen-bond acceptors (Lipinski definition) is 5. The summed E-state index contributed by atoms with van der Waals surface area (Å²) in [5.41, 5.74) is 0. The number of carbonyl (C=O) groups excluding carboxylic acids is 1. The van der Waals surface area contributed by atoms with Gasteiger partial charge >= 0.3 is 0 Å². The third-order valence-corrected chi connectivity index (χ3v) is 2.94. The van der Waals surface area contributed by atoms with E-state index in [1.165, 1.54) is 6.92 Å². The van der Waals surface area contributed by atoms with Crippen LogP contribution >= 0.6 is 0 Å². The van der Waals surface area contributed by atoms with Gasteiger partial charge in [-0.15, -0.1) is 0 Å². The molecule has 0 aromatic rings. The van der Waals surface area contributed by atoms with Crippen LogP contribution in [0.2, 0.25) is 0 Å². The van der Waals surface area contributed by atoms with Crippen molar-refractivity contribution in [2.75, 3.05) is 0 Å². The third kappa shape index (κ3) is 2.02. The number of ether oxygens (including phenoxy) is 1. The monoisotopic (exact) mass is 211 g/mol. The Hall–Kier alpha value is -0.960. The molecular weight excluding hydrogens is 198 g/mol. The van der Waals surface area contributed by atoms with Crippen molar-refractivity contribution in [3.63, 3.8) is 0 Å². The second-order valence-electron chi connectivity index (χ2n) is 4.19. The van der Waals surface area contributed by atoms with Gasteiger partial charge in [-0.3, -0.25) is 0 Å². The van der Waals surface area contributed by atoms with Crippen LogP contribution in [0.4, 0.5) is 0 Å². The van der Waals surface area contributed by atoms with Gasteiger partial charge in [0.25, 0.3) is 5.79 Å². The topological polar surface area (TPSA) is 68.5 Å². The average Bonchev–Trinajstić information content (AvgIpc) is 2.84. The summed E-state index contributed by atoms with van der Waals surface area (Å²) in [6.45, 7) is 1.51. The van der Waals surface area contributed by atoms with Crippen molar-refractivity contribution in [1.82, 2.24) is 0 Å². The fraction of sp³-hybridized carbons (Fsp3) is 0.800. The fourth-order valence-electron chi connectivity index (χ4n) is 2.04. The number of nitriles is 1. The summed E-state index contributed by atoms with van der Waals surface area (Å²) < 4.78 is 5.35. The Labute approximate surface area is 87.8 Å².